The molecule has 0 aromatic carbocycles. The van der Waals surface area contributed by atoms with Crippen molar-refractivity contribution in [3.63, 3.8) is 0 Å². The molecule has 0 fully saturated rings. The number of thiol groups is 2. The minimum absolute atomic E-state index is 0.230. The topological polar surface area (TPSA) is 80.3 Å². The fraction of sp³-hybridized carbons (Fsp3) is 0.923. The Morgan fingerprint density at radius 1 is 0.606 bits per heavy atom. The molecule has 0 amide bonds. The molecule has 196 valence electrons. The van der Waals surface area contributed by atoms with E-state index in [1.807, 2.05) is 0 Å². The van der Waals surface area contributed by atoms with E-state index in [-0.39, 0.29) is 33.0 Å². The van der Waals surface area contributed by atoms with Crippen molar-refractivity contribution in [2.45, 2.75) is 115 Å². The maximum absolute atomic E-state index is 10.7. The molecule has 0 aromatic rings. The summed E-state index contributed by atoms with van der Waals surface area (Å²) in [4.78, 5) is 26.0. The standard InChI is InChI=1S/2C12H24O2S.2CH3.Sn/c2*1-10(2)6-4-3-5-7-11(8-9-15)12(13)14;;;/h2*10-11,15H,3-9H2,1-2H3,(H,13,14);2*1H3;/q;;;;+2/p-2. The predicted molar refractivity (Wildman–Crippen MR) is 147 cm³/mol. The van der Waals surface area contributed by atoms with E-state index in [0.29, 0.717) is 24.3 Å². The average Bonchev–Trinajstić information content (AvgIpc) is 2.72. The van der Waals surface area contributed by atoms with Gasteiger partial charge in [-0.1, -0.05) is 79.1 Å². The number of carboxylic acids is 2. The van der Waals surface area contributed by atoms with Crippen molar-refractivity contribution in [3.05, 3.63) is 0 Å². The van der Waals surface area contributed by atoms with Crippen LogP contribution in [0.5, 0.6) is 0 Å². The van der Waals surface area contributed by atoms with Crippen LogP contribution in [-0.2, 0) is 9.59 Å². The summed E-state index contributed by atoms with van der Waals surface area (Å²) in [5, 5.41) is 21.4. The molecule has 0 radical (unpaired) electrons. The van der Waals surface area contributed by atoms with Gasteiger partial charge in [-0.2, -0.15) is 25.3 Å². The molecular formula is C26H52O4S2Sn. The molecule has 0 aliphatic heterocycles. The van der Waals surface area contributed by atoms with Crippen molar-refractivity contribution in [1.82, 2.24) is 0 Å². The third kappa shape index (κ3) is 32.4. The van der Waals surface area contributed by atoms with Crippen molar-refractivity contribution in [2.75, 3.05) is 11.5 Å². The van der Waals surface area contributed by atoms with Gasteiger partial charge in [0.1, 0.15) is 0 Å². The first-order valence-electron chi connectivity index (χ1n) is 12.8. The quantitative estimate of drug-likeness (QED) is 0.125. The number of carboxylic acid groups (broad SMARTS) is 2. The summed E-state index contributed by atoms with van der Waals surface area (Å²) in [6, 6.07) is 0. The van der Waals surface area contributed by atoms with Crippen LogP contribution in [0.15, 0.2) is 0 Å². The van der Waals surface area contributed by atoms with E-state index >= 15 is 0 Å². The van der Waals surface area contributed by atoms with E-state index < -0.39 is 11.9 Å². The van der Waals surface area contributed by atoms with Gasteiger partial charge < -0.3 is 19.8 Å². The van der Waals surface area contributed by atoms with E-state index in [1.165, 1.54) is 25.7 Å². The molecule has 0 N–H and O–H groups in total. The molecule has 0 bridgehead atoms. The fourth-order valence-electron chi connectivity index (χ4n) is 3.31. The van der Waals surface area contributed by atoms with Crippen LogP contribution in [-0.4, -0.2) is 44.6 Å². The van der Waals surface area contributed by atoms with Gasteiger partial charge in [0.05, 0.1) is 0 Å². The molecule has 4 nitrogen and oxygen atoms in total. The molecule has 0 saturated carbocycles. The average molecular weight is 612 g/mol. The Morgan fingerprint density at radius 2 is 0.879 bits per heavy atom. The van der Waals surface area contributed by atoms with Crippen LogP contribution in [0, 0.1) is 23.7 Å². The van der Waals surface area contributed by atoms with Crippen LogP contribution in [0.4, 0.5) is 0 Å². The molecule has 2 atom stereocenters. The van der Waals surface area contributed by atoms with Crippen molar-refractivity contribution < 1.29 is 19.8 Å². The number of carbonyl (C=O) groups excluding carboxylic acids is 2. The molecule has 0 aliphatic carbocycles. The molecule has 0 aliphatic rings. The van der Waals surface area contributed by atoms with Crippen LogP contribution < -0.4 is 10.2 Å². The molecule has 2 unspecified atom stereocenters. The fourth-order valence-corrected chi connectivity index (χ4v) is 3.94. The first-order chi connectivity index (χ1) is 15.6. The third-order valence-corrected chi connectivity index (χ3v) is 5.81. The number of rotatable bonds is 18. The Kier molecular flexibility index (Phi) is 33.0. The van der Waals surface area contributed by atoms with Crippen molar-refractivity contribution in [2.24, 2.45) is 23.7 Å². The summed E-state index contributed by atoms with van der Waals surface area (Å²) in [5.41, 5.74) is 0. The van der Waals surface area contributed by atoms with E-state index in [9.17, 15) is 19.8 Å². The Bertz CT molecular complexity index is 397. The maximum atomic E-state index is 10.7. The number of carbonyl (C=O) groups is 2. The monoisotopic (exact) mass is 612 g/mol. The van der Waals surface area contributed by atoms with Gasteiger partial charge in [0.15, 0.2) is 0 Å². The van der Waals surface area contributed by atoms with Crippen molar-refractivity contribution in [1.29, 1.82) is 0 Å². The Labute approximate surface area is 226 Å². The molecule has 0 saturated heterocycles. The summed E-state index contributed by atoms with van der Waals surface area (Å²) in [5.74, 6) is 0.359. The van der Waals surface area contributed by atoms with E-state index in [0.717, 1.165) is 50.4 Å². The Morgan fingerprint density at radius 3 is 1.09 bits per heavy atom. The second kappa shape index (κ2) is 28.7. The van der Waals surface area contributed by atoms with E-state index in [1.54, 1.807) is 0 Å². The summed E-state index contributed by atoms with van der Waals surface area (Å²) in [6.07, 6.45) is 11.9. The SMILES string of the molecule is CC(C)CCCCCC(CCS)C(=O)[O-].CC(C)CCCCCC(CCS)C(=O)[O-].[CH3][Sn+2][CH3]. The summed E-state index contributed by atoms with van der Waals surface area (Å²) >= 11 is 8.34. The van der Waals surface area contributed by atoms with E-state index in [4.69, 9.17) is 0 Å². The molecule has 7 heteroatoms. The predicted octanol–water partition coefficient (Wildman–Crippen LogP) is 5.34. The molecular weight excluding hydrogens is 559 g/mol. The number of hydrogen-bond acceptors (Lipinski definition) is 6. The van der Waals surface area contributed by atoms with Crippen LogP contribution in [0.25, 0.3) is 0 Å². The molecule has 0 rings (SSSR count). The zero-order chi connectivity index (χ0) is 26.1. The summed E-state index contributed by atoms with van der Waals surface area (Å²) < 4.78 is 0. The molecule has 0 aromatic heterocycles. The van der Waals surface area contributed by atoms with Gasteiger partial charge in [-0.25, -0.2) is 0 Å². The van der Waals surface area contributed by atoms with Gasteiger partial charge in [0, 0.05) is 11.9 Å². The second-order valence-electron chi connectivity index (χ2n) is 9.62. The number of aliphatic carboxylic acids is 2. The van der Waals surface area contributed by atoms with Crippen LogP contribution in [0.1, 0.15) is 105 Å². The van der Waals surface area contributed by atoms with Crippen molar-refractivity contribution in [3.8, 4) is 0 Å². The van der Waals surface area contributed by atoms with Gasteiger partial charge in [-0.15, -0.1) is 0 Å². The number of unbranched alkanes of at least 4 members (excludes halogenated alkanes) is 4. The van der Waals surface area contributed by atoms with Gasteiger partial charge in [-0.3, -0.25) is 0 Å². The zero-order valence-electron chi connectivity index (χ0n) is 22.2. The van der Waals surface area contributed by atoms with Gasteiger partial charge in [0.25, 0.3) is 0 Å². The van der Waals surface area contributed by atoms with Crippen LogP contribution in [0.3, 0.4) is 0 Å². The minimum atomic E-state index is -0.909. The Hall–Kier alpha value is 0.439. The van der Waals surface area contributed by atoms with Gasteiger partial charge in [-0.05, 0) is 60.9 Å². The first kappa shape index (κ1) is 38.0. The van der Waals surface area contributed by atoms with Crippen molar-refractivity contribution >= 4 is 58.3 Å². The second-order valence-corrected chi connectivity index (χ2v) is 13.4. The zero-order valence-corrected chi connectivity index (χ0v) is 26.9. The van der Waals surface area contributed by atoms with Gasteiger partial charge >= 0.3 is 31.0 Å². The number of hydrogen-bond donors (Lipinski definition) is 2. The van der Waals surface area contributed by atoms with Crippen LogP contribution >= 0.6 is 25.3 Å². The van der Waals surface area contributed by atoms with E-state index in [2.05, 4.69) is 62.8 Å². The van der Waals surface area contributed by atoms with Gasteiger partial charge in [0.2, 0.25) is 0 Å². The molecule has 33 heavy (non-hydrogen) atoms. The Balaban J connectivity index is -0.000000487. The molecule has 0 spiro atoms. The van der Waals surface area contributed by atoms with Crippen LogP contribution in [0.2, 0.25) is 9.88 Å². The normalized spacial score (nSPS) is 12.2. The summed E-state index contributed by atoms with van der Waals surface area (Å²) in [6.45, 7) is 8.85. The first-order valence-corrected chi connectivity index (χ1v) is 19.8. The molecule has 0 heterocycles. The third-order valence-electron chi connectivity index (χ3n) is 5.29. The summed E-state index contributed by atoms with van der Waals surface area (Å²) in [7, 11) is 0.